The molecule has 1 unspecified atom stereocenters. The summed E-state index contributed by atoms with van der Waals surface area (Å²) in [6, 6.07) is 1.94. The Hall–Kier alpha value is -1.40. The maximum atomic E-state index is 12.8. The molecule has 2 heterocycles. The summed E-state index contributed by atoms with van der Waals surface area (Å²) in [4.78, 5) is 16.9. The Kier molecular flexibility index (Phi) is 5.71. The molecule has 0 radical (unpaired) electrons. The van der Waals surface area contributed by atoms with Gasteiger partial charge in [0.2, 0.25) is 0 Å². The van der Waals surface area contributed by atoms with Crippen molar-refractivity contribution in [3.63, 3.8) is 0 Å². The molecule has 2 rings (SSSR count). The summed E-state index contributed by atoms with van der Waals surface area (Å²) in [6.07, 6.45) is -0.330. The van der Waals surface area contributed by atoms with Gasteiger partial charge < -0.3 is 10.0 Å². The van der Waals surface area contributed by atoms with Gasteiger partial charge in [-0.1, -0.05) is 13.8 Å². The lowest BCUT2D eigenvalue weighted by Gasteiger charge is -2.34. The lowest BCUT2D eigenvalue weighted by molar-refractivity contribution is 0.0548. The molecule has 1 aromatic rings. The van der Waals surface area contributed by atoms with Gasteiger partial charge in [0.15, 0.2) is 5.69 Å². The van der Waals surface area contributed by atoms with Crippen LogP contribution >= 0.6 is 0 Å². The van der Waals surface area contributed by atoms with E-state index in [1.54, 1.807) is 6.92 Å². The highest BCUT2D eigenvalue weighted by Crippen LogP contribution is 2.24. The second-order valence-electron chi connectivity index (χ2n) is 8.13. The normalized spacial score (nSPS) is 18.2. The van der Waals surface area contributed by atoms with E-state index in [1.165, 1.54) is 0 Å². The Labute approximate surface area is 145 Å². The molecule has 0 saturated carbocycles. The van der Waals surface area contributed by atoms with Gasteiger partial charge in [0.25, 0.3) is 5.91 Å². The Morgan fingerprint density at radius 2 is 1.79 bits per heavy atom. The third-order valence-electron chi connectivity index (χ3n) is 4.36. The molecular formula is C18H32N4O2. The van der Waals surface area contributed by atoms with Gasteiger partial charge in [0.1, 0.15) is 0 Å². The zero-order chi connectivity index (χ0) is 18.1. The Morgan fingerprint density at radius 3 is 2.21 bits per heavy atom. The lowest BCUT2D eigenvalue weighted by atomic mass is 10.1. The predicted molar refractivity (Wildman–Crippen MR) is 95.3 cm³/mol. The summed E-state index contributed by atoms with van der Waals surface area (Å²) in [5.74, 6) is 0.331. The fourth-order valence-electron chi connectivity index (χ4n) is 3.12. The first-order chi connectivity index (χ1) is 11.1. The maximum absolute atomic E-state index is 12.8. The van der Waals surface area contributed by atoms with Crippen LogP contribution in [0.1, 0.15) is 63.6 Å². The summed E-state index contributed by atoms with van der Waals surface area (Å²) < 4.78 is 1.98. The van der Waals surface area contributed by atoms with Gasteiger partial charge in [-0.05, 0) is 39.7 Å². The number of aliphatic hydroxyl groups is 1. The molecule has 136 valence electrons. The molecule has 1 saturated heterocycles. The summed E-state index contributed by atoms with van der Waals surface area (Å²) in [5.41, 5.74) is 1.49. The van der Waals surface area contributed by atoms with Crippen molar-refractivity contribution in [2.75, 3.05) is 32.7 Å². The molecular weight excluding hydrogens is 304 g/mol. The first kappa shape index (κ1) is 18.9. The van der Waals surface area contributed by atoms with Crippen LogP contribution in [0.2, 0.25) is 0 Å². The number of aliphatic hydroxyl groups excluding tert-OH is 1. The van der Waals surface area contributed by atoms with Crippen LogP contribution in [-0.4, -0.2) is 69.4 Å². The molecule has 6 heteroatoms. The van der Waals surface area contributed by atoms with E-state index in [9.17, 15) is 9.90 Å². The number of hydrogen-bond donors (Lipinski definition) is 1. The van der Waals surface area contributed by atoms with Crippen molar-refractivity contribution in [2.45, 2.75) is 59.1 Å². The minimum atomic E-state index is -0.330. The number of amides is 1. The van der Waals surface area contributed by atoms with E-state index < -0.39 is 0 Å². The van der Waals surface area contributed by atoms with Crippen LogP contribution in [0.25, 0.3) is 0 Å². The van der Waals surface area contributed by atoms with E-state index in [-0.39, 0.29) is 17.6 Å². The van der Waals surface area contributed by atoms with E-state index in [4.69, 9.17) is 0 Å². The third kappa shape index (κ3) is 4.36. The molecule has 1 aliphatic rings. The molecule has 1 fully saturated rings. The first-order valence-corrected chi connectivity index (χ1v) is 8.89. The Bertz CT molecular complexity index is 564. The van der Waals surface area contributed by atoms with Gasteiger partial charge >= 0.3 is 0 Å². The summed E-state index contributed by atoms with van der Waals surface area (Å²) in [7, 11) is 0. The number of aromatic nitrogens is 2. The van der Waals surface area contributed by atoms with E-state index in [0.29, 0.717) is 31.2 Å². The average Bonchev–Trinajstić information content (AvgIpc) is 2.92. The standard InChI is InChI=1S/C18H32N4O2/c1-13(2)16-11-15(19-22(16)18(4,5)6)17(24)21-9-7-20(8-10-21)12-14(3)23/h11,13-14,23H,7-10,12H2,1-6H3. The summed E-state index contributed by atoms with van der Waals surface area (Å²) in [5, 5.41) is 14.1. The van der Waals surface area contributed by atoms with E-state index in [0.717, 1.165) is 18.8 Å². The highest BCUT2D eigenvalue weighted by atomic mass is 16.3. The number of piperazine rings is 1. The van der Waals surface area contributed by atoms with E-state index in [2.05, 4.69) is 44.6 Å². The van der Waals surface area contributed by atoms with Crippen LogP contribution in [0.5, 0.6) is 0 Å². The fraction of sp³-hybridized carbons (Fsp3) is 0.778. The molecule has 0 bridgehead atoms. The van der Waals surface area contributed by atoms with Crippen LogP contribution in [0.15, 0.2) is 6.07 Å². The molecule has 24 heavy (non-hydrogen) atoms. The van der Waals surface area contributed by atoms with Crippen molar-refractivity contribution in [3.05, 3.63) is 17.5 Å². The van der Waals surface area contributed by atoms with Crippen molar-refractivity contribution < 1.29 is 9.90 Å². The molecule has 1 amide bonds. The zero-order valence-corrected chi connectivity index (χ0v) is 15.9. The van der Waals surface area contributed by atoms with Gasteiger partial charge in [0.05, 0.1) is 11.6 Å². The Balaban J connectivity index is 2.11. The van der Waals surface area contributed by atoms with Crippen LogP contribution in [0.3, 0.4) is 0 Å². The van der Waals surface area contributed by atoms with Crippen LogP contribution in [-0.2, 0) is 5.54 Å². The topological polar surface area (TPSA) is 61.6 Å². The number of rotatable bonds is 4. The molecule has 0 aromatic carbocycles. The first-order valence-electron chi connectivity index (χ1n) is 8.89. The minimum Gasteiger partial charge on any atom is -0.392 e. The number of carbonyl (C=O) groups is 1. The third-order valence-corrected chi connectivity index (χ3v) is 4.36. The second kappa shape index (κ2) is 7.23. The second-order valence-corrected chi connectivity index (χ2v) is 8.13. The van der Waals surface area contributed by atoms with Crippen LogP contribution in [0, 0.1) is 0 Å². The summed E-state index contributed by atoms with van der Waals surface area (Å²) >= 11 is 0. The highest BCUT2D eigenvalue weighted by molar-refractivity contribution is 5.92. The van der Waals surface area contributed by atoms with Gasteiger partial charge in [-0.3, -0.25) is 14.4 Å². The van der Waals surface area contributed by atoms with Gasteiger partial charge in [-0.25, -0.2) is 0 Å². The quantitative estimate of drug-likeness (QED) is 0.912. The SMILES string of the molecule is CC(O)CN1CCN(C(=O)c2cc(C(C)C)n(C(C)(C)C)n2)CC1. The lowest BCUT2D eigenvalue weighted by Crippen LogP contribution is -2.50. The number of nitrogens with zero attached hydrogens (tertiary/aromatic N) is 4. The van der Waals surface area contributed by atoms with Crippen molar-refractivity contribution in [1.29, 1.82) is 0 Å². The fourth-order valence-corrected chi connectivity index (χ4v) is 3.12. The molecule has 1 aromatic heterocycles. The molecule has 1 aliphatic heterocycles. The molecule has 6 nitrogen and oxygen atoms in total. The monoisotopic (exact) mass is 336 g/mol. The molecule has 1 N–H and O–H groups in total. The molecule has 0 aliphatic carbocycles. The Morgan fingerprint density at radius 1 is 1.21 bits per heavy atom. The van der Waals surface area contributed by atoms with Gasteiger partial charge in [-0.15, -0.1) is 0 Å². The minimum absolute atomic E-state index is 0.0107. The van der Waals surface area contributed by atoms with Gasteiger partial charge in [0, 0.05) is 38.4 Å². The van der Waals surface area contributed by atoms with Crippen molar-refractivity contribution in [1.82, 2.24) is 19.6 Å². The van der Waals surface area contributed by atoms with E-state index >= 15 is 0 Å². The average molecular weight is 336 g/mol. The van der Waals surface area contributed by atoms with E-state index in [1.807, 2.05) is 15.6 Å². The highest BCUT2D eigenvalue weighted by Gasteiger charge is 2.28. The summed E-state index contributed by atoms with van der Waals surface area (Å²) in [6.45, 7) is 16.0. The number of hydrogen-bond acceptors (Lipinski definition) is 4. The maximum Gasteiger partial charge on any atom is 0.274 e. The smallest absolute Gasteiger partial charge is 0.274 e. The number of β-amino-alcohol motifs (C(OH)–C–C–N with tert-alkyl or cyclic N) is 1. The predicted octanol–water partition coefficient (Wildman–Crippen LogP) is 1.90. The van der Waals surface area contributed by atoms with Crippen molar-refractivity contribution >= 4 is 5.91 Å². The largest absolute Gasteiger partial charge is 0.392 e. The van der Waals surface area contributed by atoms with Crippen LogP contribution < -0.4 is 0 Å². The molecule has 0 spiro atoms. The number of carbonyl (C=O) groups excluding carboxylic acids is 1. The van der Waals surface area contributed by atoms with Gasteiger partial charge in [-0.2, -0.15) is 5.10 Å². The van der Waals surface area contributed by atoms with Crippen molar-refractivity contribution in [3.8, 4) is 0 Å². The zero-order valence-electron chi connectivity index (χ0n) is 15.9. The van der Waals surface area contributed by atoms with Crippen molar-refractivity contribution in [2.24, 2.45) is 0 Å². The molecule has 1 atom stereocenters. The van der Waals surface area contributed by atoms with Crippen LogP contribution in [0.4, 0.5) is 0 Å².